The SMILES string of the molecule is CN(CC(=O)NC1(C)CCS(=O)(=O)C1)C1CCCC1CN. The first kappa shape index (κ1) is 16.7. The molecule has 0 aromatic rings. The Morgan fingerprint density at radius 3 is 2.71 bits per heavy atom. The Morgan fingerprint density at radius 2 is 2.14 bits per heavy atom. The molecule has 1 heterocycles. The van der Waals surface area contributed by atoms with Crippen molar-refractivity contribution < 1.29 is 13.2 Å². The standard InChI is InChI=1S/C14H27N3O3S/c1-14(6-7-21(19,20)10-14)16-13(18)9-17(2)12-5-3-4-11(12)8-15/h11-12H,3-10,15H2,1-2H3,(H,16,18). The van der Waals surface area contributed by atoms with Crippen molar-refractivity contribution in [3.8, 4) is 0 Å². The van der Waals surface area contributed by atoms with Crippen LogP contribution in [0.1, 0.15) is 32.6 Å². The molecule has 0 spiro atoms. The number of sulfone groups is 1. The summed E-state index contributed by atoms with van der Waals surface area (Å²) in [7, 11) is -1.05. The lowest BCUT2D eigenvalue weighted by Gasteiger charge is -2.30. The zero-order valence-electron chi connectivity index (χ0n) is 13.0. The third kappa shape index (κ3) is 4.17. The molecule has 1 saturated heterocycles. The lowest BCUT2D eigenvalue weighted by atomic mass is 10.0. The molecular weight excluding hydrogens is 290 g/mol. The molecule has 2 aliphatic rings. The Hall–Kier alpha value is -0.660. The van der Waals surface area contributed by atoms with Crippen molar-refractivity contribution in [1.29, 1.82) is 0 Å². The van der Waals surface area contributed by atoms with Gasteiger partial charge in [0.25, 0.3) is 0 Å². The van der Waals surface area contributed by atoms with Crippen LogP contribution in [0.2, 0.25) is 0 Å². The van der Waals surface area contributed by atoms with Gasteiger partial charge in [0.2, 0.25) is 5.91 Å². The zero-order valence-corrected chi connectivity index (χ0v) is 13.8. The number of carbonyl (C=O) groups excluding carboxylic acids is 1. The first-order valence-corrected chi connectivity index (χ1v) is 9.48. The molecule has 0 aromatic heterocycles. The van der Waals surface area contributed by atoms with E-state index in [-0.39, 0.29) is 17.4 Å². The Morgan fingerprint density at radius 1 is 1.43 bits per heavy atom. The van der Waals surface area contributed by atoms with Gasteiger partial charge in [-0.3, -0.25) is 9.69 Å². The first-order valence-electron chi connectivity index (χ1n) is 7.66. The minimum Gasteiger partial charge on any atom is -0.349 e. The topological polar surface area (TPSA) is 92.5 Å². The molecule has 1 aliphatic carbocycles. The minimum absolute atomic E-state index is 0.0459. The molecule has 1 aliphatic heterocycles. The molecule has 0 radical (unpaired) electrons. The lowest BCUT2D eigenvalue weighted by Crippen LogP contribution is -2.51. The largest absolute Gasteiger partial charge is 0.349 e. The van der Waals surface area contributed by atoms with Gasteiger partial charge in [0, 0.05) is 6.04 Å². The molecule has 3 N–H and O–H groups in total. The van der Waals surface area contributed by atoms with Gasteiger partial charge in [-0.15, -0.1) is 0 Å². The Labute approximate surface area is 127 Å². The third-order valence-electron chi connectivity index (χ3n) is 4.83. The van der Waals surface area contributed by atoms with Gasteiger partial charge < -0.3 is 11.1 Å². The van der Waals surface area contributed by atoms with Gasteiger partial charge in [0.05, 0.1) is 23.6 Å². The highest BCUT2D eigenvalue weighted by atomic mass is 32.2. The quantitative estimate of drug-likeness (QED) is 0.729. The van der Waals surface area contributed by atoms with Gasteiger partial charge in [-0.2, -0.15) is 0 Å². The van der Waals surface area contributed by atoms with E-state index in [1.54, 1.807) is 0 Å². The molecule has 6 nitrogen and oxygen atoms in total. The highest BCUT2D eigenvalue weighted by Gasteiger charge is 2.40. The van der Waals surface area contributed by atoms with E-state index < -0.39 is 15.4 Å². The number of nitrogens with one attached hydrogen (secondary N) is 1. The van der Waals surface area contributed by atoms with Crippen molar-refractivity contribution in [3.63, 3.8) is 0 Å². The highest BCUT2D eigenvalue weighted by molar-refractivity contribution is 7.91. The predicted octanol–water partition coefficient (Wildman–Crippen LogP) is -0.261. The number of nitrogens with zero attached hydrogens (tertiary/aromatic N) is 1. The zero-order chi connectivity index (χ0) is 15.7. The number of likely N-dealkylation sites (N-methyl/N-ethyl adjacent to an activating group) is 1. The summed E-state index contributed by atoms with van der Waals surface area (Å²) in [6.45, 7) is 2.77. The van der Waals surface area contributed by atoms with Crippen LogP contribution in [0.5, 0.6) is 0 Å². The number of nitrogens with two attached hydrogens (primary N) is 1. The fraction of sp³-hybridized carbons (Fsp3) is 0.929. The van der Waals surface area contributed by atoms with E-state index in [2.05, 4.69) is 10.2 Å². The van der Waals surface area contributed by atoms with Gasteiger partial charge in [-0.05, 0) is 45.7 Å². The normalized spacial score (nSPS) is 35.2. The first-order chi connectivity index (χ1) is 9.75. The van der Waals surface area contributed by atoms with Crippen LogP contribution < -0.4 is 11.1 Å². The fourth-order valence-corrected chi connectivity index (χ4v) is 5.79. The van der Waals surface area contributed by atoms with Crippen LogP contribution in [0.3, 0.4) is 0 Å². The lowest BCUT2D eigenvalue weighted by molar-refractivity contribution is -0.124. The van der Waals surface area contributed by atoms with E-state index >= 15 is 0 Å². The number of hydrogen-bond donors (Lipinski definition) is 2. The van der Waals surface area contributed by atoms with E-state index in [4.69, 9.17) is 5.73 Å². The van der Waals surface area contributed by atoms with Gasteiger partial charge in [0.1, 0.15) is 0 Å². The summed E-state index contributed by atoms with van der Waals surface area (Å²) in [4.78, 5) is 14.3. The van der Waals surface area contributed by atoms with Crippen LogP contribution in [0.4, 0.5) is 0 Å². The van der Waals surface area contributed by atoms with Crippen LogP contribution >= 0.6 is 0 Å². The van der Waals surface area contributed by atoms with Crippen molar-refractivity contribution in [2.45, 2.75) is 44.2 Å². The summed E-state index contributed by atoms with van der Waals surface area (Å²) < 4.78 is 23.1. The molecule has 3 atom stereocenters. The average molecular weight is 317 g/mol. The minimum atomic E-state index is -3.00. The number of rotatable bonds is 5. The number of hydrogen-bond acceptors (Lipinski definition) is 5. The van der Waals surface area contributed by atoms with Gasteiger partial charge in [-0.1, -0.05) is 6.42 Å². The van der Waals surface area contributed by atoms with E-state index in [1.165, 1.54) is 0 Å². The van der Waals surface area contributed by atoms with Crippen LogP contribution in [-0.2, 0) is 14.6 Å². The molecule has 0 aromatic carbocycles. The summed E-state index contributed by atoms with van der Waals surface area (Å²) in [6, 6.07) is 0.362. The molecule has 122 valence electrons. The summed E-state index contributed by atoms with van der Waals surface area (Å²) in [5.74, 6) is 0.576. The van der Waals surface area contributed by atoms with Crippen LogP contribution in [0.15, 0.2) is 0 Å². The smallest absolute Gasteiger partial charge is 0.234 e. The van der Waals surface area contributed by atoms with Crippen molar-refractivity contribution in [1.82, 2.24) is 10.2 Å². The Kier molecular flexibility index (Phi) is 4.95. The van der Waals surface area contributed by atoms with E-state index in [0.717, 1.165) is 19.3 Å². The van der Waals surface area contributed by atoms with Crippen molar-refractivity contribution >= 4 is 15.7 Å². The molecule has 21 heavy (non-hydrogen) atoms. The van der Waals surface area contributed by atoms with Crippen LogP contribution in [0.25, 0.3) is 0 Å². The predicted molar refractivity (Wildman–Crippen MR) is 82.6 cm³/mol. The maximum atomic E-state index is 12.2. The second-order valence-corrected chi connectivity index (χ2v) is 9.04. The van der Waals surface area contributed by atoms with Gasteiger partial charge in [0.15, 0.2) is 9.84 Å². The maximum Gasteiger partial charge on any atom is 0.234 e. The van der Waals surface area contributed by atoms with Crippen LogP contribution in [-0.4, -0.2) is 62.4 Å². The molecular formula is C14H27N3O3S. The maximum absolute atomic E-state index is 12.2. The van der Waals surface area contributed by atoms with Gasteiger partial charge >= 0.3 is 0 Å². The van der Waals surface area contributed by atoms with E-state index in [1.807, 2.05) is 14.0 Å². The Balaban J connectivity index is 1.87. The molecule has 3 unspecified atom stereocenters. The Bertz CT molecular complexity index is 494. The van der Waals surface area contributed by atoms with Gasteiger partial charge in [-0.25, -0.2) is 8.42 Å². The average Bonchev–Trinajstić information content (AvgIpc) is 2.93. The summed E-state index contributed by atoms with van der Waals surface area (Å²) in [5.41, 5.74) is 5.17. The fourth-order valence-electron chi connectivity index (χ4n) is 3.70. The number of amides is 1. The molecule has 0 bridgehead atoms. The summed E-state index contributed by atoms with van der Waals surface area (Å²) >= 11 is 0. The van der Waals surface area contributed by atoms with Crippen LogP contribution in [0, 0.1) is 5.92 Å². The van der Waals surface area contributed by atoms with E-state index in [9.17, 15) is 13.2 Å². The monoisotopic (exact) mass is 317 g/mol. The second kappa shape index (κ2) is 6.22. The number of carbonyl (C=O) groups is 1. The van der Waals surface area contributed by atoms with Crippen molar-refractivity contribution in [3.05, 3.63) is 0 Å². The van der Waals surface area contributed by atoms with Crippen molar-refractivity contribution in [2.24, 2.45) is 11.7 Å². The summed E-state index contributed by atoms with van der Waals surface area (Å²) in [6.07, 6.45) is 3.87. The molecule has 2 rings (SSSR count). The molecule has 1 saturated carbocycles. The van der Waals surface area contributed by atoms with E-state index in [0.29, 0.717) is 31.5 Å². The third-order valence-corrected chi connectivity index (χ3v) is 6.73. The summed E-state index contributed by atoms with van der Waals surface area (Å²) in [5, 5.41) is 2.91. The highest BCUT2D eigenvalue weighted by Crippen LogP contribution is 2.28. The second-order valence-electron chi connectivity index (χ2n) is 6.86. The molecule has 7 heteroatoms. The molecule has 2 fully saturated rings. The van der Waals surface area contributed by atoms with Crippen molar-refractivity contribution in [2.75, 3.05) is 31.6 Å². The molecule has 1 amide bonds.